The molecule has 1 aromatic carbocycles. The Labute approximate surface area is 92.4 Å². The monoisotopic (exact) mass is 292 g/mol. The topological polar surface area (TPSA) is 18.5 Å². The first-order valence-corrected chi connectivity index (χ1v) is 5.21. The van der Waals surface area contributed by atoms with Crippen LogP contribution in [0, 0.1) is 3.57 Å². The van der Waals surface area contributed by atoms with Crippen molar-refractivity contribution in [3.8, 4) is 5.75 Å². The number of benzene rings is 1. The molecule has 0 aliphatic rings. The summed E-state index contributed by atoms with van der Waals surface area (Å²) in [6, 6.07) is 7.98. The Bertz CT molecular complexity index is 263. The molecule has 13 heavy (non-hydrogen) atoms. The lowest BCUT2D eigenvalue weighted by atomic mass is 10.3. The lowest BCUT2D eigenvalue weighted by molar-refractivity contribution is 0.0920. The van der Waals surface area contributed by atoms with Crippen molar-refractivity contribution < 1.29 is 9.47 Å². The number of methoxy groups -OCH3 is 1. The molecule has 0 radical (unpaired) electrons. The van der Waals surface area contributed by atoms with Crippen LogP contribution in [0.15, 0.2) is 24.3 Å². The second-order valence-corrected chi connectivity index (χ2v) is 4.09. The van der Waals surface area contributed by atoms with Crippen LogP contribution in [0.3, 0.4) is 0 Å². The maximum absolute atomic E-state index is 5.61. The molecule has 0 saturated heterocycles. The maximum Gasteiger partial charge on any atom is 0.120 e. The van der Waals surface area contributed by atoms with E-state index in [1.807, 2.05) is 31.2 Å². The molecular formula is C10H13IO2. The van der Waals surface area contributed by atoms with Gasteiger partial charge >= 0.3 is 0 Å². The predicted molar refractivity (Wildman–Crippen MR) is 61.1 cm³/mol. The molecule has 0 aromatic heterocycles. The summed E-state index contributed by atoms with van der Waals surface area (Å²) in [6.07, 6.45) is 0.100. The summed E-state index contributed by atoms with van der Waals surface area (Å²) in [7, 11) is 1.68. The third-order valence-corrected chi connectivity index (χ3v) is 2.21. The van der Waals surface area contributed by atoms with E-state index in [9.17, 15) is 0 Å². The third kappa shape index (κ3) is 3.95. The zero-order valence-electron chi connectivity index (χ0n) is 7.79. The lowest BCUT2D eigenvalue weighted by Crippen LogP contribution is -2.17. The van der Waals surface area contributed by atoms with Crippen molar-refractivity contribution in [2.75, 3.05) is 13.7 Å². The molecule has 72 valence electrons. The Morgan fingerprint density at radius 2 is 2.23 bits per heavy atom. The molecule has 2 nitrogen and oxygen atoms in total. The number of halogens is 1. The molecule has 0 heterocycles. The summed E-state index contributed by atoms with van der Waals surface area (Å²) in [5.41, 5.74) is 0. The minimum absolute atomic E-state index is 0.100. The highest BCUT2D eigenvalue weighted by Crippen LogP contribution is 2.16. The summed E-state index contributed by atoms with van der Waals surface area (Å²) in [4.78, 5) is 0. The first-order valence-electron chi connectivity index (χ1n) is 4.13. The number of hydrogen-bond donors (Lipinski definition) is 0. The van der Waals surface area contributed by atoms with Crippen molar-refractivity contribution >= 4 is 22.6 Å². The zero-order valence-corrected chi connectivity index (χ0v) is 9.95. The van der Waals surface area contributed by atoms with Crippen LogP contribution < -0.4 is 4.74 Å². The van der Waals surface area contributed by atoms with Gasteiger partial charge in [-0.25, -0.2) is 0 Å². The summed E-state index contributed by atoms with van der Waals surface area (Å²) >= 11 is 2.26. The lowest BCUT2D eigenvalue weighted by Gasteiger charge is -2.13. The first-order chi connectivity index (χ1) is 6.22. The van der Waals surface area contributed by atoms with E-state index in [0.29, 0.717) is 6.61 Å². The smallest absolute Gasteiger partial charge is 0.120 e. The molecule has 0 bridgehead atoms. The molecule has 3 heteroatoms. The summed E-state index contributed by atoms with van der Waals surface area (Å²) in [6.45, 7) is 2.61. The van der Waals surface area contributed by atoms with Crippen LogP contribution in [0.25, 0.3) is 0 Å². The highest BCUT2D eigenvalue weighted by Gasteiger charge is 2.02. The van der Waals surface area contributed by atoms with Gasteiger partial charge in [0.25, 0.3) is 0 Å². The molecule has 0 N–H and O–H groups in total. The third-order valence-electron chi connectivity index (χ3n) is 1.53. The van der Waals surface area contributed by atoms with Crippen molar-refractivity contribution in [3.63, 3.8) is 0 Å². The van der Waals surface area contributed by atoms with Crippen LogP contribution in [0.4, 0.5) is 0 Å². The van der Waals surface area contributed by atoms with Crippen molar-refractivity contribution in [1.29, 1.82) is 0 Å². The molecule has 0 fully saturated rings. The van der Waals surface area contributed by atoms with Gasteiger partial charge in [-0.1, -0.05) is 6.07 Å². The normalized spacial score (nSPS) is 12.5. The van der Waals surface area contributed by atoms with Gasteiger partial charge in [0.1, 0.15) is 11.9 Å². The van der Waals surface area contributed by atoms with Gasteiger partial charge in [0.2, 0.25) is 0 Å². The maximum atomic E-state index is 5.61. The van der Waals surface area contributed by atoms with Crippen molar-refractivity contribution in [2.45, 2.75) is 13.0 Å². The van der Waals surface area contributed by atoms with Gasteiger partial charge < -0.3 is 9.47 Å². The molecule has 0 aliphatic carbocycles. The summed E-state index contributed by atoms with van der Waals surface area (Å²) in [5.74, 6) is 0.899. The molecular weight excluding hydrogens is 279 g/mol. The number of hydrogen-bond acceptors (Lipinski definition) is 2. The van der Waals surface area contributed by atoms with Crippen LogP contribution in [-0.2, 0) is 4.74 Å². The van der Waals surface area contributed by atoms with Gasteiger partial charge in [0, 0.05) is 10.7 Å². The van der Waals surface area contributed by atoms with E-state index >= 15 is 0 Å². The van der Waals surface area contributed by atoms with Crippen LogP contribution in [0.5, 0.6) is 5.75 Å². The van der Waals surface area contributed by atoms with E-state index < -0.39 is 0 Å². The average Bonchev–Trinajstić information content (AvgIpc) is 2.04. The van der Waals surface area contributed by atoms with Crippen LogP contribution in [0.2, 0.25) is 0 Å². The van der Waals surface area contributed by atoms with Crippen LogP contribution >= 0.6 is 22.6 Å². The standard InChI is InChI=1S/C10H13IO2/c1-8(7-12-2)13-10-5-3-4-9(11)6-10/h3-6,8H,7H2,1-2H3. The van der Waals surface area contributed by atoms with E-state index in [-0.39, 0.29) is 6.10 Å². The summed E-state index contributed by atoms with van der Waals surface area (Å²) in [5, 5.41) is 0. The molecule has 0 amide bonds. The highest BCUT2D eigenvalue weighted by atomic mass is 127. The van der Waals surface area contributed by atoms with Gasteiger partial charge in [-0.2, -0.15) is 0 Å². The predicted octanol–water partition coefficient (Wildman–Crippen LogP) is 2.70. The van der Waals surface area contributed by atoms with E-state index in [1.165, 1.54) is 3.57 Å². The van der Waals surface area contributed by atoms with E-state index in [2.05, 4.69) is 22.6 Å². The second-order valence-electron chi connectivity index (χ2n) is 2.84. The first kappa shape index (κ1) is 10.8. The Morgan fingerprint density at radius 3 is 2.85 bits per heavy atom. The van der Waals surface area contributed by atoms with Gasteiger partial charge in [0.15, 0.2) is 0 Å². The van der Waals surface area contributed by atoms with Gasteiger partial charge in [-0.15, -0.1) is 0 Å². The molecule has 1 aromatic rings. The van der Waals surface area contributed by atoms with Crippen molar-refractivity contribution in [2.24, 2.45) is 0 Å². The SMILES string of the molecule is COCC(C)Oc1cccc(I)c1. The fourth-order valence-corrected chi connectivity index (χ4v) is 1.56. The van der Waals surface area contributed by atoms with E-state index in [4.69, 9.17) is 9.47 Å². The van der Waals surface area contributed by atoms with Crippen molar-refractivity contribution in [3.05, 3.63) is 27.8 Å². The molecule has 1 unspecified atom stereocenters. The summed E-state index contributed by atoms with van der Waals surface area (Å²) < 4.78 is 11.8. The van der Waals surface area contributed by atoms with Crippen molar-refractivity contribution in [1.82, 2.24) is 0 Å². The largest absolute Gasteiger partial charge is 0.488 e. The second kappa shape index (κ2) is 5.44. The zero-order chi connectivity index (χ0) is 9.68. The van der Waals surface area contributed by atoms with Gasteiger partial charge in [0.05, 0.1) is 6.61 Å². The van der Waals surface area contributed by atoms with Gasteiger partial charge in [-0.3, -0.25) is 0 Å². The number of rotatable bonds is 4. The molecule has 1 rings (SSSR count). The molecule has 0 saturated carbocycles. The Hall–Kier alpha value is -0.290. The van der Waals surface area contributed by atoms with Crippen LogP contribution in [0.1, 0.15) is 6.92 Å². The molecule has 1 atom stereocenters. The van der Waals surface area contributed by atoms with Crippen LogP contribution in [-0.4, -0.2) is 19.8 Å². The number of ether oxygens (including phenoxy) is 2. The highest BCUT2D eigenvalue weighted by molar-refractivity contribution is 14.1. The van der Waals surface area contributed by atoms with E-state index in [1.54, 1.807) is 7.11 Å². The fraction of sp³-hybridized carbons (Fsp3) is 0.400. The Balaban J connectivity index is 2.53. The van der Waals surface area contributed by atoms with Gasteiger partial charge in [-0.05, 0) is 47.7 Å². The minimum atomic E-state index is 0.100. The fourth-order valence-electron chi connectivity index (χ4n) is 1.04. The molecule has 0 spiro atoms. The Kier molecular flexibility index (Phi) is 4.52. The Morgan fingerprint density at radius 1 is 1.46 bits per heavy atom. The van der Waals surface area contributed by atoms with E-state index in [0.717, 1.165) is 5.75 Å². The quantitative estimate of drug-likeness (QED) is 0.794. The average molecular weight is 292 g/mol. The minimum Gasteiger partial charge on any atom is -0.488 e. The molecule has 0 aliphatic heterocycles.